The molecule has 0 saturated carbocycles. The standard InChI is InChI=1S/C24H23N3S/c1-16-7-10-22(26-25-16)17-8-9-20-19(13-17)15-27(2)12-11-21(20)24-14-18-5-3-4-6-23(18)28-24/h3-10,13-14,21H,11-12,15H2,1-2H3. The highest BCUT2D eigenvalue weighted by Crippen LogP contribution is 2.40. The molecule has 2 aromatic heterocycles. The third kappa shape index (κ3) is 3.23. The first kappa shape index (κ1) is 17.5. The van der Waals surface area contributed by atoms with E-state index in [0.717, 1.165) is 36.5 Å². The lowest BCUT2D eigenvalue weighted by molar-refractivity contribution is 0.328. The fourth-order valence-electron chi connectivity index (χ4n) is 4.14. The van der Waals surface area contributed by atoms with Crippen LogP contribution in [-0.2, 0) is 6.54 Å². The molecule has 0 radical (unpaired) electrons. The van der Waals surface area contributed by atoms with E-state index in [0.29, 0.717) is 5.92 Å². The molecule has 2 aromatic carbocycles. The highest BCUT2D eigenvalue weighted by Gasteiger charge is 2.24. The summed E-state index contributed by atoms with van der Waals surface area (Å²) in [7, 11) is 2.22. The largest absolute Gasteiger partial charge is 0.302 e. The summed E-state index contributed by atoms with van der Waals surface area (Å²) in [6, 6.07) is 22.0. The normalized spacial score (nSPS) is 17.4. The van der Waals surface area contributed by atoms with Crippen LogP contribution in [0.15, 0.2) is 60.7 Å². The second-order valence-electron chi connectivity index (χ2n) is 7.74. The Bertz CT molecular complexity index is 1100. The number of rotatable bonds is 2. The number of nitrogens with zero attached hydrogens (tertiary/aromatic N) is 3. The number of aromatic nitrogens is 2. The van der Waals surface area contributed by atoms with E-state index in [1.165, 1.54) is 26.1 Å². The maximum Gasteiger partial charge on any atom is 0.0929 e. The summed E-state index contributed by atoms with van der Waals surface area (Å²) in [5.74, 6) is 0.454. The molecule has 0 N–H and O–H groups in total. The molecular formula is C24H23N3S. The zero-order valence-electron chi connectivity index (χ0n) is 16.2. The van der Waals surface area contributed by atoms with Gasteiger partial charge in [0.1, 0.15) is 0 Å². The second kappa shape index (κ2) is 7.12. The molecule has 28 heavy (non-hydrogen) atoms. The SMILES string of the molecule is Cc1ccc(-c2ccc3c(c2)CN(C)CCC3c2cc3ccccc3s2)nn1. The Morgan fingerprint density at radius 3 is 2.71 bits per heavy atom. The van der Waals surface area contributed by atoms with E-state index >= 15 is 0 Å². The van der Waals surface area contributed by atoms with Gasteiger partial charge in [-0.15, -0.1) is 11.3 Å². The van der Waals surface area contributed by atoms with Gasteiger partial charge in [0.2, 0.25) is 0 Å². The van der Waals surface area contributed by atoms with E-state index in [2.05, 4.69) is 76.7 Å². The van der Waals surface area contributed by atoms with Crippen LogP contribution in [0.4, 0.5) is 0 Å². The maximum absolute atomic E-state index is 4.38. The van der Waals surface area contributed by atoms with Gasteiger partial charge in [-0.1, -0.05) is 30.3 Å². The lowest BCUT2D eigenvalue weighted by atomic mass is 9.89. The molecule has 3 heterocycles. The average Bonchev–Trinajstić information content (AvgIpc) is 3.06. The van der Waals surface area contributed by atoms with Crippen molar-refractivity contribution in [1.29, 1.82) is 0 Å². The highest BCUT2D eigenvalue weighted by atomic mass is 32.1. The van der Waals surface area contributed by atoms with Crippen molar-refractivity contribution < 1.29 is 0 Å². The van der Waals surface area contributed by atoms with Gasteiger partial charge >= 0.3 is 0 Å². The van der Waals surface area contributed by atoms with Crippen LogP contribution in [0, 0.1) is 6.92 Å². The molecular weight excluding hydrogens is 362 g/mol. The molecule has 4 heteroatoms. The van der Waals surface area contributed by atoms with Crippen LogP contribution in [0.5, 0.6) is 0 Å². The van der Waals surface area contributed by atoms with Crippen molar-refractivity contribution in [2.75, 3.05) is 13.6 Å². The predicted molar refractivity (Wildman–Crippen MR) is 117 cm³/mol. The summed E-state index contributed by atoms with van der Waals surface area (Å²) in [5.41, 5.74) is 5.90. The van der Waals surface area contributed by atoms with Gasteiger partial charge in [-0.2, -0.15) is 10.2 Å². The van der Waals surface area contributed by atoms with E-state index in [1.807, 2.05) is 24.3 Å². The van der Waals surface area contributed by atoms with Crippen molar-refractivity contribution in [2.24, 2.45) is 0 Å². The van der Waals surface area contributed by atoms with Crippen LogP contribution in [0.1, 0.15) is 34.0 Å². The average molecular weight is 386 g/mol. The molecule has 1 aliphatic rings. The molecule has 0 aliphatic carbocycles. The van der Waals surface area contributed by atoms with Crippen LogP contribution in [0.2, 0.25) is 0 Å². The Morgan fingerprint density at radius 2 is 1.89 bits per heavy atom. The molecule has 5 rings (SSSR count). The van der Waals surface area contributed by atoms with Crippen molar-refractivity contribution >= 4 is 21.4 Å². The summed E-state index contributed by atoms with van der Waals surface area (Å²) >= 11 is 1.94. The number of hydrogen-bond donors (Lipinski definition) is 0. The number of thiophene rings is 1. The smallest absolute Gasteiger partial charge is 0.0929 e. The van der Waals surface area contributed by atoms with Crippen LogP contribution in [-0.4, -0.2) is 28.7 Å². The van der Waals surface area contributed by atoms with E-state index < -0.39 is 0 Å². The number of hydrogen-bond acceptors (Lipinski definition) is 4. The van der Waals surface area contributed by atoms with Crippen LogP contribution in [0.3, 0.4) is 0 Å². The van der Waals surface area contributed by atoms with Crippen molar-refractivity contribution in [1.82, 2.24) is 15.1 Å². The fourth-order valence-corrected chi connectivity index (χ4v) is 5.36. The highest BCUT2D eigenvalue weighted by molar-refractivity contribution is 7.19. The van der Waals surface area contributed by atoms with Gasteiger partial charge in [0.05, 0.1) is 11.4 Å². The summed E-state index contributed by atoms with van der Waals surface area (Å²) < 4.78 is 1.38. The first-order chi connectivity index (χ1) is 13.7. The van der Waals surface area contributed by atoms with Gasteiger partial charge in [-0.25, -0.2) is 0 Å². The molecule has 4 aromatic rings. The van der Waals surface area contributed by atoms with E-state index in [4.69, 9.17) is 0 Å². The molecule has 0 bridgehead atoms. The molecule has 1 unspecified atom stereocenters. The maximum atomic E-state index is 4.38. The van der Waals surface area contributed by atoms with Gasteiger partial charge in [-0.05, 0) is 73.8 Å². The van der Waals surface area contributed by atoms with Crippen LogP contribution < -0.4 is 0 Å². The van der Waals surface area contributed by atoms with E-state index in [9.17, 15) is 0 Å². The van der Waals surface area contributed by atoms with Crippen molar-refractivity contribution in [3.05, 3.63) is 82.4 Å². The first-order valence-electron chi connectivity index (χ1n) is 9.78. The lowest BCUT2D eigenvalue weighted by Gasteiger charge is -2.17. The van der Waals surface area contributed by atoms with E-state index in [-0.39, 0.29) is 0 Å². The van der Waals surface area contributed by atoms with E-state index in [1.54, 1.807) is 0 Å². The Morgan fingerprint density at radius 1 is 1.00 bits per heavy atom. The third-order valence-electron chi connectivity index (χ3n) is 5.64. The second-order valence-corrected chi connectivity index (χ2v) is 8.85. The molecule has 1 atom stereocenters. The number of aryl methyl sites for hydroxylation is 1. The van der Waals surface area contributed by atoms with Gasteiger partial charge in [0, 0.05) is 27.6 Å². The van der Waals surface area contributed by atoms with Gasteiger partial charge in [0.15, 0.2) is 0 Å². The zero-order valence-corrected chi connectivity index (χ0v) is 17.0. The quantitative estimate of drug-likeness (QED) is 0.447. The third-order valence-corrected chi connectivity index (χ3v) is 6.87. The summed E-state index contributed by atoms with van der Waals surface area (Å²) in [4.78, 5) is 3.90. The van der Waals surface area contributed by atoms with Crippen LogP contribution >= 0.6 is 11.3 Å². The van der Waals surface area contributed by atoms with Gasteiger partial charge in [0.25, 0.3) is 0 Å². The Kier molecular flexibility index (Phi) is 4.46. The Balaban J connectivity index is 1.59. The molecule has 140 valence electrons. The molecule has 0 saturated heterocycles. The molecule has 0 spiro atoms. The summed E-state index contributed by atoms with van der Waals surface area (Å²) in [6.07, 6.45) is 1.15. The monoisotopic (exact) mass is 385 g/mol. The zero-order chi connectivity index (χ0) is 19.1. The molecule has 1 aliphatic heterocycles. The first-order valence-corrected chi connectivity index (χ1v) is 10.6. The topological polar surface area (TPSA) is 29.0 Å². The van der Waals surface area contributed by atoms with Gasteiger partial charge in [-0.3, -0.25) is 0 Å². The van der Waals surface area contributed by atoms with Crippen molar-refractivity contribution in [3.63, 3.8) is 0 Å². The minimum atomic E-state index is 0.454. The number of benzene rings is 2. The molecule has 3 nitrogen and oxygen atoms in total. The fraction of sp³-hybridized carbons (Fsp3) is 0.250. The molecule has 0 amide bonds. The number of fused-ring (bicyclic) bond motifs is 2. The van der Waals surface area contributed by atoms with Crippen molar-refractivity contribution in [2.45, 2.75) is 25.8 Å². The summed E-state index contributed by atoms with van der Waals surface area (Å²) in [6.45, 7) is 4.05. The summed E-state index contributed by atoms with van der Waals surface area (Å²) in [5, 5.41) is 9.97. The van der Waals surface area contributed by atoms with Crippen molar-refractivity contribution in [3.8, 4) is 11.3 Å². The lowest BCUT2D eigenvalue weighted by Crippen LogP contribution is -2.17. The predicted octanol–water partition coefficient (Wildman–Crippen LogP) is 5.63. The Labute approximate surface area is 169 Å². The van der Waals surface area contributed by atoms with Gasteiger partial charge < -0.3 is 4.90 Å². The van der Waals surface area contributed by atoms with Crippen LogP contribution in [0.25, 0.3) is 21.3 Å². The minimum absolute atomic E-state index is 0.454. The minimum Gasteiger partial charge on any atom is -0.302 e. The molecule has 0 fully saturated rings. The Hall–Kier alpha value is -2.56.